The number of carbonyl (C=O) groups is 4. The first kappa shape index (κ1) is 28.3. The van der Waals surface area contributed by atoms with E-state index >= 15 is 0 Å². The normalized spacial score (nSPS) is 17.8. The maximum absolute atomic E-state index is 13.3. The smallest absolute Gasteiger partial charge is 0.260 e. The van der Waals surface area contributed by atoms with Crippen LogP contribution < -0.4 is 9.47 Å². The lowest BCUT2D eigenvalue weighted by atomic mass is 9.77. The van der Waals surface area contributed by atoms with E-state index in [-0.39, 0.29) is 36.7 Å². The number of hydrogen-bond donors (Lipinski definition) is 0. The van der Waals surface area contributed by atoms with Gasteiger partial charge < -0.3 is 14.4 Å². The van der Waals surface area contributed by atoms with Crippen LogP contribution in [-0.4, -0.2) is 85.8 Å². The van der Waals surface area contributed by atoms with Gasteiger partial charge in [-0.3, -0.25) is 29.0 Å². The van der Waals surface area contributed by atoms with Crippen LogP contribution in [0, 0.1) is 0 Å². The monoisotopic (exact) mass is 535 g/mol. The zero-order chi connectivity index (χ0) is 28.7. The molecule has 2 heterocycles. The number of rotatable bonds is 9. The number of likely N-dealkylation sites (N-methyl/N-ethyl adjacent to an activating group) is 1. The molecule has 4 rings (SSSR count). The Labute approximate surface area is 229 Å². The van der Waals surface area contributed by atoms with Gasteiger partial charge in [-0.25, -0.2) is 0 Å². The Balaban J connectivity index is 1.39. The van der Waals surface area contributed by atoms with Crippen LogP contribution in [0.2, 0.25) is 0 Å². The van der Waals surface area contributed by atoms with Crippen molar-refractivity contribution in [1.29, 1.82) is 0 Å². The molecule has 208 valence electrons. The van der Waals surface area contributed by atoms with Crippen LogP contribution in [0.5, 0.6) is 11.5 Å². The van der Waals surface area contributed by atoms with Crippen LogP contribution in [0.25, 0.3) is 0 Å². The minimum atomic E-state index is -0.838. The number of carbonyl (C=O) groups excluding carboxylic acids is 4. The molecular weight excluding hydrogens is 498 g/mol. The molecule has 2 aromatic carbocycles. The minimum Gasteiger partial charge on any atom is -0.497 e. The fourth-order valence-electron chi connectivity index (χ4n) is 5.41. The van der Waals surface area contributed by atoms with Crippen molar-refractivity contribution in [2.75, 3.05) is 47.4 Å². The highest BCUT2D eigenvalue weighted by molar-refractivity contribution is 6.14. The van der Waals surface area contributed by atoms with Gasteiger partial charge in [0.2, 0.25) is 11.8 Å². The SMILES string of the molecule is COc1ccc2c(c1)C(=O)N(CCCN(C)CCN1C(=O)c3cc(OC)ccc3C(C)(C)C1=O)C(=O)C2(C)C. The fraction of sp³-hybridized carbons (Fsp3) is 0.467. The second kappa shape index (κ2) is 10.4. The Kier molecular flexibility index (Phi) is 7.58. The minimum absolute atomic E-state index is 0.228. The average Bonchev–Trinajstić information content (AvgIpc) is 2.92. The molecule has 2 aliphatic heterocycles. The molecule has 4 amide bonds. The van der Waals surface area contributed by atoms with Crippen molar-refractivity contribution in [1.82, 2.24) is 14.7 Å². The van der Waals surface area contributed by atoms with Crippen molar-refractivity contribution in [3.63, 3.8) is 0 Å². The van der Waals surface area contributed by atoms with Crippen LogP contribution in [0.4, 0.5) is 0 Å². The van der Waals surface area contributed by atoms with E-state index < -0.39 is 10.8 Å². The molecule has 0 aliphatic carbocycles. The number of imide groups is 2. The Morgan fingerprint density at radius 1 is 0.692 bits per heavy atom. The van der Waals surface area contributed by atoms with Gasteiger partial charge in [0, 0.05) is 30.8 Å². The van der Waals surface area contributed by atoms with Crippen LogP contribution >= 0.6 is 0 Å². The molecule has 0 atom stereocenters. The van der Waals surface area contributed by atoms with Crippen LogP contribution in [0.3, 0.4) is 0 Å². The summed E-state index contributed by atoms with van der Waals surface area (Å²) in [5.41, 5.74) is 0.680. The molecule has 0 aromatic heterocycles. The van der Waals surface area contributed by atoms with Crippen molar-refractivity contribution in [3.05, 3.63) is 58.7 Å². The summed E-state index contributed by atoms with van der Waals surface area (Å²) < 4.78 is 10.6. The van der Waals surface area contributed by atoms with Gasteiger partial charge in [0.25, 0.3) is 11.8 Å². The molecule has 9 nitrogen and oxygen atoms in total. The number of ether oxygens (including phenoxy) is 2. The van der Waals surface area contributed by atoms with Crippen LogP contribution in [-0.2, 0) is 20.4 Å². The lowest BCUT2D eigenvalue weighted by molar-refractivity contribution is -0.135. The molecule has 0 N–H and O–H groups in total. The molecule has 0 bridgehead atoms. The molecule has 0 saturated carbocycles. The van der Waals surface area contributed by atoms with Gasteiger partial charge in [-0.15, -0.1) is 0 Å². The molecule has 0 fully saturated rings. The Bertz CT molecular complexity index is 1330. The summed E-state index contributed by atoms with van der Waals surface area (Å²) in [6.45, 7) is 8.84. The highest BCUT2D eigenvalue weighted by Crippen LogP contribution is 2.37. The summed E-state index contributed by atoms with van der Waals surface area (Å²) in [4.78, 5) is 57.6. The van der Waals surface area contributed by atoms with Gasteiger partial charge in [-0.05, 0) is 83.1 Å². The van der Waals surface area contributed by atoms with E-state index in [1.54, 1.807) is 50.6 Å². The second-order valence-electron chi connectivity index (χ2n) is 11.3. The molecular formula is C30H37N3O6. The molecule has 2 aromatic rings. The number of amides is 4. The zero-order valence-electron chi connectivity index (χ0n) is 23.8. The number of nitrogens with zero attached hydrogens (tertiary/aromatic N) is 3. The largest absolute Gasteiger partial charge is 0.497 e. The molecule has 0 saturated heterocycles. The Morgan fingerprint density at radius 3 is 1.56 bits per heavy atom. The van der Waals surface area contributed by atoms with Crippen LogP contribution in [0.15, 0.2) is 36.4 Å². The second-order valence-corrected chi connectivity index (χ2v) is 11.3. The van der Waals surface area contributed by atoms with Gasteiger partial charge in [0.15, 0.2) is 0 Å². The molecule has 39 heavy (non-hydrogen) atoms. The van der Waals surface area contributed by atoms with E-state index in [1.165, 1.54) is 9.80 Å². The highest BCUT2D eigenvalue weighted by Gasteiger charge is 2.45. The topological polar surface area (TPSA) is 96.5 Å². The third-order valence-corrected chi connectivity index (χ3v) is 7.94. The Hall–Kier alpha value is -3.72. The lowest BCUT2D eigenvalue weighted by Crippen LogP contribution is -2.53. The third kappa shape index (κ3) is 4.91. The Morgan fingerprint density at radius 2 is 1.13 bits per heavy atom. The van der Waals surface area contributed by atoms with Gasteiger partial charge in [0.1, 0.15) is 11.5 Å². The summed E-state index contributed by atoms with van der Waals surface area (Å²) >= 11 is 0. The molecule has 2 aliphatic rings. The van der Waals surface area contributed by atoms with Crippen molar-refractivity contribution in [2.45, 2.75) is 44.9 Å². The average molecular weight is 536 g/mol. The van der Waals surface area contributed by atoms with Gasteiger partial charge in [0.05, 0.1) is 25.0 Å². The van der Waals surface area contributed by atoms with E-state index in [1.807, 2.05) is 39.6 Å². The predicted octanol–water partition coefficient (Wildman–Crippen LogP) is 3.25. The van der Waals surface area contributed by atoms with Crippen molar-refractivity contribution in [2.24, 2.45) is 0 Å². The van der Waals surface area contributed by atoms with Gasteiger partial charge in [-0.1, -0.05) is 12.1 Å². The zero-order valence-corrected chi connectivity index (χ0v) is 23.8. The quantitative estimate of drug-likeness (QED) is 0.455. The lowest BCUT2D eigenvalue weighted by Gasteiger charge is -2.38. The van der Waals surface area contributed by atoms with E-state index in [0.717, 1.165) is 0 Å². The first-order chi connectivity index (χ1) is 18.3. The summed E-state index contributed by atoms with van der Waals surface area (Å²) in [6.07, 6.45) is 0.552. The van der Waals surface area contributed by atoms with Crippen molar-refractivity contribution in [3.8, 4) is 11.5 Å². The maximum Gasteiger partial charge on any atom is 0.260 e. The first-order valence-electron chi connectivity index (χ1n) is 13.1. The van der Waals surface area contributed by atoms with Gasteiger partial charge >= 0.3 is 0 Å². The van der Waals surface area contributed by atoms with E-state index in [9.17, 15) is 19.2 Å². The maximum atomic E-state index is 13.3. The summed E-state index contributed by atoms with van der Waals surface area (Å²) in [6, 6.07) is 10.5. The van der Waals surface area contributed by atoms with Gasteiger partial charge in [-0.2, -0.15) is 0 Å². The fourth-order valence-corrected chi connectivity index (χ4v) is 5.41. The standard InChI is InChI=1S/C30H37N3O6/c1-29(2)23-11-9-19(38-6)17-21(23)25(34)32(27(29)36)14-8-13-31(5)15-16-33-26(35)22-18-20(39-7)10-12-24(22)30(3,4)28(33)37/h9-12,17-18H,8,13-16H2,1-7H3. The van der Waals surface area contributed by atoms with Crippen molar-refractivity contribution < 1.29 is 28.7 Å². The van der Waals surface area contributed by atoms with E-state index in [2.05, 4.69) is 0 Å². The molecule has 0 radical (unpaired) electrons. The number of methoxy groups -OCH3 is 2. The van der Waals surface area contributed by atoms with E-state index in [0.29, 0.717) is 53.3 Å². The highest BCUT2D eigenvalue weighted by atomic mass is 16.5. The molecule has 0 spiro atoms. The van der Waals surface area contributed by atoms with Crippen molar-refractivity contribution >= 4 is 23.6 Å². The predicted molar refractivity (Wildman–Crippen MR) is 146 cm³/mol. The van der Waals surface area contributed by atoms with E-state index in [4.69, 9.17) is 9.47 Å². The summed E-state index contributed by atoms with van der Waals surface area (Å²) in [5.74, 6) is 0.0144. The molecule has 9 heteroatoms. The number of benzene rings is 2. The number of fused-ring (bicyclic) bond motifs is 2. The summed E-state index contributed by atoms with van der Waals surface area (Å²) in [5, 5.41) is 0. The first-order valence-corrected chi connectivity index (χ1v) is 13.1. The van der Waals surface area contributed by atoms with Crippen LogP contribution in [0.1, 0.15) is 66.0 Å². The number of hydrogen-bond acceptors (Lipinski definition) is 7. The third-order valence-electron chi connectivity index (χ3n) is 7.94. The molecule has 0 unspecified atom stereocenters. The summed E-state index contributed by atoms with van der Waals surface area (Å²) in [7, 11) is 4.98.